The number of benzene rings is 2. The van der Waals surface area contributed by atoms with Crippen molar-refractivity contribution in [1.29, 1.82) is 0 Å². The lowest BCUT2D eigenvalue weighted by atomic mass is 9.97. The molecule has 1 saturated heterocycles. The zero-order valence-electron chi connectivity index (χ0n) is 16.7. The second kappa shape index (κ2) is 9.36. The average Bonchev–Trinajstić information content (AvgIpc) is 2.74. The third-order valence-corrected chi connectivity index (χ3v) is 5.16. The molecule has 1 fully saturated rings. The molecule has 30 heavy (non-hydrogen) atoms. The zero-order chi connectivity index (χ0) is 21.7. The number of methoxy groups -OCH3 is 1. The predicted molar refractivity (Wildman–Crippen MR) is 111 cm³/mol. The van der Waals surface area contributed by atoms with Gasteiger partial charge in [-0.2, -0.15) is 0 Å². The summed E-state index contributed by atoms with van der Waals surface area (Å²) >= 11 is 0. The highest BCUT2D eigenvalue weighted by Gasteiger charge is 2.24. The number of primary amides is 1. The Morgan fingerprint density at radius 3 is 2.63 bits per heavy atom. The summed E-state index contributed by atoms with van der Waals surface area (Å²) in [6, 6.07) is 11.4. The Balaban J connectivity index is 1.63. The molecule has 3 N–H and O–H groups in total. The van der Waals surface area contributed by atoms with Gasteiger partial charge in [-0.3, -0.25) is 24.6 Å². The molecule has 1 aliphatic heterocycles. The van der Waals surface area contributed by atoms with Crippen LogP contribution in [0.5, 0.6) is 5.75 Å². The Morgan fingerprint density at radius 2 is 2.00 bits per heavy atom. The number of piperidine rings is 1. The Labute approximate surface area is 174 Å². The number of ether oxygens (including phenoxy) is 1. The van der Waals surface area contributed by atoms with Crippen LogP contribution in [0.1, 0.15) is 28.8 Å². The molecule has 2 amide bonds. The molecular weight excluding hydrogens is 388 g/mol. The fourth-order valence-corrected chi connectivity index (χ4v) is 3.56. The van der Waals surface area contributed by atoms with Crippen LogP contribution >= 0.6 is 0 Å². The summed E-state index contributed by atoms with van der Waals surface area (Å²) < 4.78 is 4.95. The predicted octanol–water partition coefficient (Wildman–Crippen LogP) is 2.55. The second-order valence-electron chi connectivity index (χ2n) is 7.27. The van der Waals surface area contributed by atoms with Crippen molar-refractivity contribution in [1.82, 2.24) is 4.90 Å². The first-order valence-corrected chi connectivity index (χ1v) is 9.61. The molecule has 3 rings (SSSR count). The van der Waals surface area contributed by atoms with E-state index in [0.717, 1.165) is 24.9 Å². The maximum absolute atomic E-state index is 12.5. The summed E-state index contributed by atoms with van der Waals surface area (Å²) in [7, 11) is 1.33. The van der Waals surface area contributed by atoms with Gasteiger partial charge in [0.2, 0.25) is 5.91 Å². The molecule has 158 valence electrons. The fourth-order valence-electron chi connectivity index (χ4n) is 3.56. The number of amides is 2. The zero-order valence-corrected chi connectivity index (χ0v) is 16.7. The number of hydrogen-bond acceptors (Lipinski definition) is 6. The monoisotopic (exact) mass is 412 g/mol. The van der Waals surface area contributed by atoms with E-state index in [-0.39, 0.29) is 28.8 Å². The number of nitrogens with zero attached hydrogens (tertiary/aromatic N) is 2. The van der Waals surface area contributed by atoms with Crippen molar-refractivity contribution in [3.05, 3.63) is 63.7 Å². The van der Waals surface area contributed by atoms with Gasteiger partial charge in [0.1, 0.15) is 0 Å². The minimum atomic E-state index is -0.589. The van der Waals surface area contributed by atoms with E-state index in [0.29, 0.717) is 18.8 Å². The van der Waals surface area contributed by atoms with Crippen molar-refractivity contribution in [3.8, 4) is 5.75 Å². The largest absolute Gasteiger partial charge is 0.490 e. The molecule has 1 heterocycles. The van der Waals surface area contributed by atoms with Gasteiger partial charge in [0.15, 0.2) is 5.75 Å². The van der Waals surface area contributed by atoms with Gasteiger partial charge in [0.05, 0.1) is 18.0 Å². The third-order valence-electron chi connectivity index (χ3n) is 5.16. The van der Waals surface area contributed by atoms with Crippen molar-refractivity contribution < 1.29 is 19.2 Å². The lowest BCUT2D eigenvalue weighted by Crippen LogP contribution is -2.40. The molecule has 0 spiro atoms. The molecule has 0 aliphatic carbocycles. The van der Waals surface area contributed by atoms with Gasteiger partial charge in [-0.25, -0.2) is 0 Å². The Morgan fingerprint density at radius 1 is 1.27 bits per heavy atom. The molecule has 0 radical (unpaired) electrons. The van der Waals surface area contributed by atoms with Gasteiger partial charge in [-0.1, -0.05) is 12.1 Å². The highest BCUT2D eigenvalue weighted by molar-refractivity contribution is 6.04. The number of carbonyl (C=O) groups is 2. The molecule has 0 saturated carbocycles. The highest BCUT2D eigenvalue weighted by atomic mass is 16.6. The standard InChI is InChI=1S/C21H24N4O5/c1-30-19-9-6-15(11-18(19)25(28)29)21(27)23-17-7-4-14(5-8-17)12-24-10-2-3-16(13-24)20(22)26/h4-9,11,16H,2-3,10,12-13H2,1H3,(H2,22,26)(H,23,27). The molecule has 9 heteroatoms. The molecule has 2 aromatic carbocycles. The first-order chi connectivity index (χ1) is 14.4. The first-order valence-electron chi connectivity index (χ1n) is 9.61. The Kier molecular flexibility index (Phi) is 6.63. The number of nitro groups is 1. The van der Waals surface area contributed by atoms with E-state index in [1.165, 1.54) is 25.3 Å². The quantitative estimate of drug-likeness (QED) is 0.531. The van der Waals surface area contributed by atoms with Crippen LogP contribution < -0.4 is 15.8 Å². The van der Waals surface area contributed by atoms with E-state index in [2.05, 4.69) is 10.2 Å². The average molecular weight is 412 g/mol. The van der Waals surface area contributed by atoms with Crippen LogP contribution in [0.15, 0.2) is 42.5 Å². The molecule has 1 unspecified atom stereocenters. The maximum Gasteiger partial charge on any atom is 0.311 e. The summed E-state index contributed by atoms with van der Waals surface area (Å²) in [6.07, 6.45) is 1.77. The van der Waals surface area contributed by atoms with Crippen LogP contribution in [-0.2, 0) is 11.3 Å². The normalized spacial score (nSPS) is 16.6. The third kappa shape index (κ3) is 5.12. The molecular formula is C21H24N4O5. The number of carbonyl (C=O) groups excluding carboxylic acids is 2. The van der Waals surface area contributed by atoms with Gasteiger partial charge in [0, 0.05) is 30.4 Å². The van der Waals surface area contributed by atoms with Gasteiger partial charge in [-0.15, -0.1) is 0 Å². The van der Waals surface area contributed by atoms with Crippen LogP contribution in [-0.4, -0.2) is 41.8 Å². The molecule has 0 bridgehead atoms. The van der Waals surface area contributed by atoms with Gasteiger partial charge < -0.3 is 15.8 Å². The minimum Gasteiger partial charge on any atom is -0.490 e. The van der Waals surface area contributed by atoms with Crippen molar-refractivity contribution >= 4 is 23.2 Å². The summed E-state index contributed by atoms with van der Waals surface area (Å²) in [5, 5.41) is 13.9. The van der Waals surface area contributed by atoms with Gasteiger partial charge in [-0.05, 0) is 49.2 Å². The van der Waals surface area contributed by atoms with Crippen LogP contribution in [0, 0.1) is 16.0 Å². The van der Waals surface area contributed by atoms with Gasteiger partial charge in [0.25, 0.3) is 5.91 Å². The topological polar surface area (TPSA) is 128 Å². The van der Waals surface area contributed by atoms with Crippen LogP contribution in [0.2, 0.25) is 0 Å². The molecule has 1 atom stereocenters. The number of anilines is 1. The van der Waals surface area contributed by atoms with Crippen LogP contribution in [0.25, 0.3) is 0 Å². The number of rotatable bonds is 7. The summed E-state index contributed by atoms with van der Waals surface area (Å²) in [5.41, 5.74) is 6.96. The van der Waals surface area contributed by atoms with E-state index >= 15 is 0 Å². The molecule has 0 aromatic heterocycles. The summed E-state index contributed by atoms with van der Waals surface area (Å²) in [4.78, 5) is 36.6. The van der Waals surface area contributed by atoms with E-state index < -0.39 is 10.8 Å². The van der Waals surface area contributed by atoms with Crippen LogP contribution in [0.4, 0.5) is 11.4 Å². The van der Waals surface area contributed by atoms with E-state index in [1.807, 2.05) is 12.1 Å². The second-order valence-corrected chi connectivity index (χ2v) is 7.27. The number of nitrogens with two attached hydrogens (primary N) is 1. The van der Waals surface area contributed by atoms with Crippen molar-refractivity contribution in [2.75, 3.05) is 25.5 Å². The number of nitro benzene ring substituents is 1. The van der Waals surface area contributed by atoms with Crippen molar-refractivity contribution in [2.45, 2.75) is 19.4 Å². The lowest BCUT2D eigenvalue weighted by molar-refractivity contribution is -0.385. The van der Waals surface area contributed by atoms with Crippen LogP contribution in [0.3, 0.4) is 0 Å². The van der Waals surface area contributed by atoms with E-state index in [4.69, 9.17) is 10.5 Å². The first kappa shape index (κ1) is 21.3. The minimum absolute atomic E-state index is 0.0946. The summed E-state index contributed by atoms with van der Waals surface area (Å²) in [5.74, 6) is -0.714. The lowest BCUT2D eigenvalue weighted by Gasteiger charge is -2.31. The fraction of sp³-hybridized carbons (Fsp3) is 0.333. The Bertz CT molecular complexity index is 945. The smallest absolute Gasteiger partial charge is 0.311 e. The van der Waals surface area contributed by atoms with Gasteiger partial charge >= 0.3 is 5.69 Å². The summed E-state index contributed by atoms with van der Waals surface area (Å²) in [6.45, 7) is 2.27. The molecule has 9 nitrogen and oxygen atoms in total. The number of likely N-dealkylation sites (tertiary alicyclic amines) is 1. The Hall–Kier alpha value is -3.46. The molecule has 2 aromatic rings. The van der Waals surface area contributed by atoms with Crippen molar-refractivity contribution in [3.63, 3.8) is 0 Å². The highest BCUT2D eigenvalue weighted by Crippen LogP contribution is 2.28. The van der Waals surface area contributed by atoms with E-state index in [1.54, 1.807) is 12.1 Å². The number of hydrogen-bond donors (Lipinski definition) is 2. The van der Waals surface area contributed by atoms with Crippen molar-refractivity contribution in [2.24, 2.45) is 11.7 Å². The maximum atomic E-state index is 12.5. The number of nitrogens with one attached hydrogen (secondary N) is 1. The SMILES string of the molecule is COc1ccc(C(=O)Nc2ccc(CN3CCCC(C(N)=O)C3)cc2)cc1[N+](=O)[O-]. The molecule has 1 aliphatic rings. The van der Waals surface area contributed by atoms with E-state index in [9.17, 15) is 19.7 Å².